The molecular formula is C22H26N4O2. The Morgan fingerprint density at radius 1 is 1.21 bits per heavy atom. The number of urea groups is 1. The summed E-state index contributed by atoms with van der Waals surface area (Å²) in [6.45, 7) is 6.38. The van der Waals surface area contributed by atoms with Gasteiger partial charge in [0, 0.05) is 30.8 Å². The maximum Gasteiger partial charge on any atom is 0.321 e. The van der Waals surface area contributed by atoms with Gasteiger partial charge in [0.25, 0.3) is 0 Å². The topological polar surface area (TPSA) is 59.4 Å². The van der Waals surface area contributed by atoms with E-state index >= 15 is 0 Å². The normalized spacial score (nSPS) is 16.8. The van der Waals surface area contributed by atoms with Crippen molar-refractivity contribution in [1.29, 1.82) is 0 Å². The minimum Gasteiger partial charge on any atom is -0.376 e. The minimum atomic E-state index is -0.0760. The zero-order valence-corrected chi connectivity index (χ0v) is 16.3. The van der Waals surface area contributed by atoms with Gasteiger partial charge >= 0.3 is 6.03 Å². The zero-order chi connectivity index (χ0) is 19.5. The maximum atomic E-state index is 12.5. The van der Waals surface area contributed by atoms with Crippen molar-refractivity contribution in [2.24, 2.45) is 5.92 Å². The number of rotatable bonds is 5. The molecule has 0 bridgehead atoms. The SMILES string of the molecule is CC(C)COC1CCN(C(=O)Nc2ccc(-n3ncc4ccccc43)cc2)C1. The fourth-order valence-electron chi connectivity index (χ4n) is 3.44. The first-order chi connectivity index (χ1) is 13.6. The van der Waals surface area contributed by atoms with Crippen molar-refractivity contribution in [3.63, 3.8) is 0 Å². The molecule has 0 radical (unpaired) electrons. The van der Waals surface area contributed by atoms with Crippen LogP contribution in [0.2, 0.25) is 0 Å². The van der Waals surface area contributed by atoms with Gasteiger partial charge in [0.15, 0.2) is 0 Å². The average molecular weight is 378 g/mol. The number of carbonyl (C=O) groups excluding carboxylic acids is 1. The number of aromatic nitrogens is 2. The summed E-state index contributed by atoms with van der Waals surface area (Å²) in [7, 11) is 0. The van der Waals surface area contributed by atoms with Crippen molar-refractivity contribution in [3.8, 4) is 5.69 Å². The van der Waals surface area contributed by atoms with E-state index in [0.29, 0.717) is 12.5 Å². The van der Waals surface area contributed by atoms with Crippen LogP contribution in [-0.2, 0) is 4.74 Å². The Bertz CT molecular complexity index is 949. The number of para-hydroxylation sites is 1. The molecule has 0 spiro atoms. The van der Waals surface area contributed by atoms with Gasteiger partial charge in [-0.2, -0.15) is 5.10 Å². The first-order valence-corrected chi connectivity index (χ1v) is 9.81. The van der Waals surface area contributed by atoms with Gasteiger partial charge in [-0.15, -0.1) is 0 Å². The van der Waals surface area contributed by atoms with Crippen molar-refractivity contribution < 1.29 is 9.53 Å². The van der Waals surface area contributed by atoms with E-state index in [0.717, 1.165) is 41.9 Å². The fraction of sp³-hybridized carbons (Fsp3) is 0.364. The van der Waals surface area contributed by atoms with Crippen LogP contribution in [0.25, 0.3) is 16.6 Å². The fourth-order valence-corrected chi connectivity index (χ4v) is 3.44. The summed E-state index contributed by atoms with van der Waals surface area (Å²) < 4.78 is 7.76. The summed E-state index contributed by atoms with van der Waals surface area (Å²) in [6, 6.07) is 15.8. The number of likely N-dealkylation sites (tertiary alicyclic amines) is 1. The minimum absolute atomic E-state index is 0.0760. The molecule has 1 atom stereocenters. The maximum absolute atomic E-state index is 12.5. The van der Waals surface area contributed by atoms with Crippen LogP contribution in [-0.4, -0.2) is 46.5 Å². The molecule has 1 fully saturated rings. The monoisotopic (exact) mass is 378 g/mol. The lowest BCUT2D eigenvalue weighted by Crippen LogP contribution is -2.34. The van der Waals surface area contributed by atoms with Crippen LogP contribution in [0.3, 0.4) is 0 Å². The number of nitrogens with zero attached hydrogens (tertiary/aromatic N) is 3. The molecule has 6 heteroatoms. The number of hydrogen-bond donors (Lipinski definition) is 1. The molecule has 1 aliphatic heterocycles. The van der Waals surface area contributed by atoms with Crippen LogP contribution >= 0.6 is 0 Å². The van der Waals surface area contributed by atoms with Gasteiger partial charge in [-0.1, -0.05) is 32.0 Å². The summed E-state index contributed by atoms with van der Waals surface area (Å²) in [4.78, 5) is 14.3. The van der Waals surface area contributed by atoms with E-state index in [2.05, 4.69) is 24.3 Å². The lowest BCUT2D eigenvalue weighted by Gasteiger charge is -2.18. The number of fused-ring (bicyclic) bond motifs is 1. The standard InChI is InChI=1S/C22H26N4O2/c1-16(2)15-28-20-11-12-25(14-20)22(27)24-18-7-9-19(10-8-18)26-21-6-4-3-5-17(21)13-23-26/h3-10,13,16,20H,11-12,14-15H2,1-2H3,(H,24,27). The van der Waals surface area contributed by atoms with E-state index in [9.17, 15) is 4.79 Å². The molecule has 1 unspecified atom stereocenters. The van der Waals surface area contributed by atoms with Crippen molar-refractivity contribution in [2.75, 3.05) is 25.0 Å². The first-order valence-electron chi connectivity index (χ1n) is 9.81. The summed E-state index contributed by atoms with van der Waals surface area (Å²) in [5.41, 5.74) is 2.79. The van der Waals surface area contributed by atoms with E-state index in [1.807, 2.05) is 64.3 Å². The predicted octanol–water partition coefficient (Wildman–Crippen LogP) is 4.30. The molecule has 2 heterocycles. The second-order valence-electron chi connectivity index (χ2n) is 7.68. The smallest absolute Gasteiger partial charge is 0.321 e. The Hall–Kier alpha value is -2.86. The number of benzene rings is 2. The van der Waals surface area contributed by atoms with Gasteiger partial charge in [0.1, 0.15) is 0 Å². The molecule has 1 saturated heterocycles. The van der Waals surface area contributed by atoms with E-state index in [4.69, 9.17) is 4.74 Å². The molecule has 1 aromatic heterocycles. The molecule has 1 aliphatic rings. The average Bonchev–Trinajstić information content (AvgIpc) is 3.34. The number of anilines is 1. The lowest BCUT2D eigenvalue weighted by atomic mass is 10.2. The highest BCUT2D eigenvalue weighted by atomic mass is 16.5. The van der Waals surface area contributed by atoms with Gasteiger partial charge in [0.2, 0.25) is 0 Å². The third kappa shape index (κ3) is 4.02. The van der Waals surface area contributed by atoms with Gasteiger partial charge in [-0.3, -0.25) is 0 Å². The number of nitrogens with one attached hydrogen (secondary N) is 1. The van der Waals surface area contributed by atoms with Crippen LogP contribution < -0.4 is 5.32 Å². The highest BCUT2D eigenvalue weighted by molar-refractivity contribution is 5.89. The third-order valence-electron chi connectivity index (χ3n) is 4.94. The summed E-state index contributed by atoms with van der Waals surface area (Å²) in [5.74, 6) is 0.508. The van der Waals surface area contributed by atoms with Crippen LogP contribution in [0, 0.1) is 5.92 Å². The Kier molecular flexibility index (Phi) is 5.30. The highest BCUT2D eigenvalue weighted by Gasteiger charge is 2.27. The first kappa shape index (κ1) is 18.5. The van der Waals surface area contributed by atoms with E-state index < -0.39 is 0 Å². The van der Waals surface area contributed by atoms with E-state index in [1.54, 1.807) is 0 Å². The molecular weight excluding hydrogens is 352 g/mol. The zero-order valence-electron chi connectivity index (χ0n) is 16.3. The summed E-state index contributed by atoms with van der Waals surface area (Å²) >= 11 is 0. The molecule has 28 heavy (non-hydrogen) atoms. The predicted molar refractivity (Wildman–Crippen MR) is 111 cm³/mol. The van der Waals surface area contributed by atoms with Gasteiger partial charge in [-0.05, 0) is 42.7 Å². The second-order valence-corrected chi connectivity index (χ2v) is 7.68. The van der Waals surface area contributed by atoms with Crippen LogP contribution in [0.4, 0.5) is 10.5 Å². The quantitative estimate of drug-likeness (QED) is 0.720. The molecule has 3 aromatic rings. The van der Waals surface area contributed by atoms with Crippen molar-refractivity contribution >= 4 is 22.6 Å². The second kappa shape index (κ2) is 8.02. The summed E-state index contributed by atoms with van der Waals surface area (Å²) in [5, 5.41) is 8.55. The van der Waals surface area contributed by atoms with Gasteiger partial charge in [0.05, 0.1) is 23.5 Å². The Balaban J connectivity index is 1.38. The molecule has 4 rings (SSSR count). The summed E-state index contributed by atoms with van der Waals surface area (Å²) in [6.07, 6.45) is 2.89. The molecule has 1 N–H and O–H groups in total. The Labute approximate surface area is 165 Å². The molecule has 6 nitrogen and oxygen atoms in total. The van der Waals surface area contributed by atoms with Gasteiger partial charge < -0.3 is 15.0 Å². The third-order valence-corrected chi connectivity index (χ3v) is 4.94. The molecule has 2 aromatic carbocycles. The van der Waals surface area contributed by atoms with Crippen molar-refractivity contribution in [1.82, 2.24) is 14.7 Å². The Morgan fingerprint density at radius 3 is 2.79 bits per heavy atom. The van der Waals surface area contributed by atoms with Crippen LogP contribution in [0.5, 0.6) is 0 Å². The van der Waals surface area contributed by atoms with Gasteiger partial charge in [-0.25, -0.2) is 9.48 Å². The van der Waals surface area contributed by atoms with Crippen molar-refractivity contribution in [2.45, 2.75) is 26.4 Å². The number of amides is 2. The Morgan fingerprint density at radius 2 is 2.00 bits per heavy atom. The largest absolute Gasteiger partial charge is 0.376 e. The molecule has 2 amide bonds. The molecule has 0 saturated carbocycles. The number of carbonyl (C=O) groups is 1. The van der Waals surface area contributed by atoms with Crippen LogP contribution in [0.1, 0.15) is 20.3 Å². The lowest BCUT2D eigenvalue weighted by molar-refractivity contribution is 0.0440. The van der Waals surface area contributed by atoms with E-state index in [-0.39, 0.29) is 12.1 Å². The van der Waals surface area contributed by atoms with Crippen molar-refractivity contribution in [3.05, 3.63) is 54.7 Å². The van der Waals surface area contributed by atoms with E-state index in [1.165, 1.54) is 0 Å². The highest BCUT2D eigenvalue weighted by Crippen LogP contribution is 2.20. The van der Waals surface area contributed by atoms with Crippen LogP contribution in [0.15, 0.2) is 54.7 Å². The number of hydrogen-bond acceptors (Lipinski definition) is 3. The molecule has 146 valence electrons. The molecule has 0 aliphatic carbocycles. The number of ether oxygens (including phenoxy) is 1.